The fourth-order valence-electron chi connectivity index (χ4n) is 1.73. The zero-order chi connectivity index (χ0) is 13.1. The summed E-state index contributed by atoms with van der Waals surface area (Å²) in [4.78, 5) is 1.03. The summed E-state index contributed by atoms with van der Waals surface area (Å²) in [5.74, 6) is -1.74. The zero-order valence-corrected chi connectivity index (χ0v) is 11.2. The summed E-state index contributed by atoms with van der Waals surface area (Å²) in [6.45, 7) is 0. The van der Waals surface area contributed by atoms with Crippen LogP contribution in [-0.2, 0) is 0 Å². The molecule has 18 heavy (non-hydrogen) atoms. The van der Waals surface area contributed by atoms with Crippen LogP contribution in [0.3, 0.4) is 0 Å². The van der Waals surface area contributed by atoms with E-state index in [2.05, 4.69) is 0 Å². The Kier molecular flexibility index (Phi) is 4.25. The lowest BCUT2D eigenvalue weighted by Gasteiger charge is -2.14. The second-order valence-corrected chi connectivity index (χ2v) is 5.06. The first-order valence-corrected chi connectivity index (χ1v) is 7.01. The molecule has 0 saturated heterocycles. The fourth-order valence-corrected chi connectivity index (χ4v) is 2.75. The Hall–Kier alpha value is -1.06. The molecule has 1 unspecified atom stereocenters. The maximum atomic E-state index is 13.2. The van der Waals surface area contributed by atoms with Gasteiger partial charge >= 0.3 is 0 Å². The molecule has 0 bridgehead atoms. The largest absolute Gasteiger partial charge is 0.204 e. The van der Waals surface area contributed by atoms with Crippen molar-refractivity contribution in [2.75, 3.05) is 6.26 Å². The molecule has 4 heteroatoms. The van der Waals surface area contributed by atoms with E-state index in [0.29, 0.717) is 5.56 Å². The molecular weight excluding hydrogens is 274 g/mol. The van der Waals surface area contributed by atoms with Crippen LogP contribution in [0.1, 0.15) is 16.5 Å². The molecule has 0 saturated carbocycles. The lowest BCUT2D eigenvalue weighted by atomic mass is 10.0. The number of halogens is 3. The first-order chi connectivity index (χ1) is 8.63. The van der Waals surface area contributed by atoms with Crippen LogP contribution in [0.5, 0.6) is 0 Å². The van der Waals surface area contributed by atoms with E-state index >= 15 is 0 Å². The Morgan fingerprint density at radius 3 is 2.44 bits per heavy atom. The van der Waals surface area contributed by atoms with Crippen LogP contribution in [-0.4, -0.2) is 6.26 Å². The van der Waals surface area contributed by atoms with Crippen molar-refractivity contribution in [2.45, 2.75) is 10.3 Å². The van der Waals surface area contributed by atoms with Gasteiger partial charge in [-0.25, -0.2) is 8.78 Å². The monoisotopic (exact) mass is 284 g/mol. The molecule has 0 spiro atoms. The van der Waals surface area contributed by atoms with Crippen molar-refractivity contribution in [3.63, 3.8) is 0 Å². The molecule has 0 fully saturated rings. The molecule has 0 radical (unpaired) electrons. The minimum Gasteiger partial charge on any atom is -0.204 e. The summed E-state index contributed by atoms with van der Waals surface area (Å²) in [7, 11) is 0. The third kappa shape index (κ3) is 2.68. The van der Waals surface area contributed by atoms with Crippen molar-refractivity contribution in [1.29, 1.82) is 0 Å². The van der Waals surface area contributed by atoms with Gasteiger partial charge in [0.2, 0.25) is 0 Å². The van der Waals surface area contributed by atoms with Gasteiger partial charge in [0, 0.05) is 4.90 Å². The standard InChI is InChI=1S/C14H11ClF2S/c1-18-13-5-3-2-4-10(13)14(15)9-6-7-11(16)12(17)8-9/h2-8,14H,1H3. The maximum Gasteiger partial charge on any atom is 0.159 e. The Morgan fingerprint density at radius 1 is 1.06 bits per heavy atom. The van der Waals surface area contributed by atoms with Crippen LogP contribution in [0.15, 0.2) is 47.4 Å². The van der Waals surface area contributed by atoms with Crippen molar-refractivity contribution < 1.29 is 8.78 Å². The first kappa shape index (κ1) is 13.4. The van der Waals surface area contributed by atoms with Gasteiger partial charge in [0.25, 0.3) is 0 Å². The first-order valence-electron chi connectivity index (χ1n) is 5.35. The van der Waals surface area contributed by atoms with Gasteiger partial charge in [0.15, 0.2) is 11.6 Å². The number of alkyl halides is 1. The minimum atomic E-state index is -0.875. The van der Waals surface area contributed by atoms with Crippen LogP contribution in [0.4, 0.5) is 8.78 Å². The highest BCUT2D eigenvalue weighted by atomic mass is 35.5. The number of benzene rings is 2. The average molecular weight is 285 g/mol. The molecule has 0 aliphatic rings. The van der Waals surface area contributed by atoms with Crippen LogP contribution in [0.25, 0.3) is 0 Å². The summed E-state index contributed by atoms with van der Waals surface area (Å²) in [6.07, 6.45) is 1.95. The van der Waals surface area contributed by atoms with E-state index < -0.39 is 17.0 Å². The van der Waals surface area contributed by atoms with Gasteiger partial charge in [-0.05, 0) is 35.6 Å². The van der Waals surface area contributed by atoms with Gasteiger partial charge in [0.05, 0.1) is 5.38 Å². The molecular formula is C14H11ClF2S. The molecule has 0 aliphatic carbocycles. The molecule has 2 rings (SSSR count). The predicted octanol–water partition coefficient (Wildman–Crippen LogP) is 5.01. The zero-order valence-electron chi connectivity index (χ0n) is 9.66. The molecule has 2 aromatic rings. The molecule has 0 N–H and O–H groups in total. The van der Waals surface area contributed by atoms with Crippen LogP contribution in [0, 0.1) is 11.6 Å². The van der Waals surface area contributed by atoms with E-state index in [0.717, 1.165) is 22.6 Å². The van der Waals surface area contributed by atoms with Crippen molar-refractivity contribution in [3.05, 3.63) is 65.2 Å². The summed E-state index contributed by atoms with van der Waals surface area (Å²) in [5, 5.41) is -0.483. The van der Waals surface area contributed by atoms with Gasteiger partial charge in [-0.2, -0.15) is 0 Å². The predicted molar refractivity (Wildman–Crippen MR) is 72.3 cm³/mol. The third-order valence-corrected chi connectivity index (χ3v) is 3.95. The highest BCUT2D eigenvalue weighted by Crippen LogP contribution is 2.35. The Labute approximate surface area is 114 Å². The van der Waals surface area contributed by atoms with Gasteiger partial charge < -0.3 is 0 Å². The fraction of sp³-hybridized carbons (Fsp3) is 0.143. The average Bonchev–Trinajstić information content (AvgIpc) is 2.41. The topological polar surface area (TPSA) is 0 Å². The molecule has 0 aliphatic heterocycles. The van der Waals surface area contributed by atoms with Gasteiger partial charge in [-0.1, -0.05) is 24.3 Å². The van der Waals surface area contributed by atoms with Crippen LogP contribution < -0.4 is 0 Å². The second-order valence-electron chi connectivity index (χ2n) is 3.78. The van der Waals surface area contributed by atoms with E-state index in [1.807, 2.05) is 30.5 Å². The van der Waals surface area contributed by atoms with E-state index in [1.165, 1.54) is 6.07 Å². The summed E-state index contributed by atoms with van der Waals surface area (Å²) < 4.78 is 26.1. The third-order valence-electron chi connectivity index (χ3n) is 2.65. The molecule has 0 heterocycles. The molecule has 2 aromatic carbocycles. The summed E-state index contributed by atoms with van der Waals surface area (Å²) in [6, 6.07) is 11.4. The maximum absolute atomic E-state index is 13.2. The number of thioether (sulfide) groups is 1. The van der Waals surface area contributed by atoms with Gasteiger partial charge in [-0.15, -0.1) is 23.4 Å². The van der Waals surface area contributed by atoms with Gasteiger partial charge in [0.1, 0.15) is 0 Å². The molecule has 94 valence electrons. The number of hydrogen-bond acceptors (Lipinski definition) is 1. The Morgan fingerprint density at radius 2 is 1.78 bits per heavy atom. The van der Waals surface area contributed by atoms with Crippen molar-refractivity contribution in [3.8, 4) is 0 Å². The van der Waals surface area contributed by atoms with E-state index in [-0.39, 0.29) is 0 Å². The number of rotatable bonds is 3. The Balaban J connectivity index is 2.41. The van der Waals surface area contributed by atoms with Crippen molar-refractivity contribution in [1.82, 2.24) is 0 Å². The van der Waals surface area contributed by atoms with Crippen LogP contribution in [0.2, 0.25) is 0 Å². The van der Waals surface area contributed by atoms with Gasteiger partial charge in [-0.3, -0.25) is 0 Å². The normalized spacial score (nSPS) is 12.4. The van der Waals surface area contributed by atoms with E-state index in [1.54, 1.807) is 11.8 Å². The SMILES string of the molecule is CSc1ccccc1C(Cl)c1ccc(F)c(F)c1. The summed E-state index contributed by atoms with van der Waals surface area (Å²) in [5.41, 5.74) is 1.45. The molecule has 0 aromatic heterocycles. The van der Waals surface area contributed by atoms with E-state index in [9.17, 15) is 8.78 Å². The van der Waals surface area contributed by atoms with E-state index in [4.69, 9.17) is 11.6 Å². The smallest absolute Gasteiger partial charge is 0.159 e. The second kappa shape index (κ2) is 5.72. The molecule has 1 atom stereocenters. The molecule has 0 amide bonds. The highest BCUT2D eigenvalue weighted by Gasteiger charge is 2.15. The lowest BCUT2D eigenvalue weighted by Crippen LogP contribution is -1.97. The Bertz CT molecular complexity index is 557. The highest BCUT2D eigenvalue weighted by molar-refractivity contribution is 7.98. The van der Waals surface area contributed by atoms with Crippen molar-refractivity contribution in [2.24, 2.45) is 0 Å². The lowest BCUT2D eigenvalue weighted by molar-refractivity contribution is 0.507. The number of hydrogen-bond donors (Lipinski definition) is 0. The summed E-state index contributed by atoms with van der Waals surface area (Å²) >= 11 is 7.91. The van der Waals surface area contributed by atoms with Crippen molar-refractivity contribution >= 4 is 23.4 Å². The van der Waals surface area contributed by atoms with Crippen LogP contribution >= 0.6 is 23.4 Å². The molecule has 0 nitrogen and oxygen atoms in total. The quantitative estimate of drug-likeness (QED) is 0.564. The minimum absolute atomic E-state index is 0.483.